The van der Waals surface area contributed by atoms with E-state index in [0.717, 1.165) is 34.3 Å². The summed E-state index contributed by atoms with van der Waals surface area (Å²) in [5.74, 6) is -0.105. The summed E-state index contributed by atoms with van der Waals surface area (Å²) in [6.45, 7) is 0.648. The fourth-order valence-electron chi connectivity index (χ4n) is 3.73. The van der Waals surface area contributed by atoms with E-state index in [4.69, 9.17) is 16.8 Å². The number of rotatable bonds is 10. The van der Waals surface area contributed by atoms with Gasteiger partial charge in [0.15, 0.2) is 5.82 Å². The second-order valence-corrected chi connectivity index (χ2v) is 8.45. The third-order valence-electron chi connectivity index (χ3n) is 5.45. The summed E-state index contributed by atoms with van der Waals surface area (Å²) in [5.41, 5.74) is 6.25. The average Bonchev–Trinajstić information content (AvgIpc) is 3.45. The van der Waals surface area contributed by atoms with E-state index in [1.807, 2.05) is 48.8 Å². The number of hydroxylamine groups is 1. The zero-order chi connectivity index (χ0) is 23.9. The number of fused-ring (bicyclic) bond motifs is 1. The summed E-state index contributed by atoms with van der Waals surface area (Å²) < 4.78 is 2.06. The Morgan fingerprint density at radius 2 is 1.85 bits per heavy atom. The fraction of sp³-hybridized carbons (Fsp3) is 0.250. The zero-order valence-corrected chi connectivity index (χ0v) is 19.2. The zero-order valence-electron chi connectivity index (χ0n) is 18.4. The van der Waals surface area contributed by atoms with Crippen molar-refractivity contribution in [1.29, 1.82) is 0 Å². The topological polar surface area (TPSA) is 125 Å². The number of nitrogens with zero attached hydrogens (tertiary/aromatic N) is 3. The van der Waals surface area contributed by atoms with E-state index in [0.29, 0.717) is 36.6 Å². The Hall–Kier alpha value is -3.69. The Morgan fingerprint density at radius 1 is 1.03 bits per heavy atom. The predicted octanol–water partition coefficient (Wildman–Crippen LogP) is 4.52. The van der Waals surface area contributed by atoms with Crippen molar-refractivity contribution in [3.8, 4) is 11.3 Å². The van der Waals surface area contributed by atoms with Gasteiger partial charge in [0.25, 0.3) is 0 Å². The highest BCUT2D eigenvalue weighted by atomic mass is 35.5. The van der Waals surface area contributed by atoms with E-state index >= 15 is 0 Å². The standard InChI is InChI=1S/C24H25ClN6O3/c25-18-6-4-5-16(11-18)14-31-15-26-19-10-9-17(12-21(19)31)20-13-22(29-28-20)27-23(32)7-2-1-3-8-24(33)30-34/h4-6,9-13,15,34H,1-3,7-8,14H2,(H,30,33)(H2,27,28,29,32). The van der Waals surface area contributed by atoms with Crippen LogP contribution in [0.4, 0.5) is 5.82 Å². The van der Waals surface area contributed by atoms with Gasteiger partial charge in [-0.3, -0.25) is 19.9 Å². The minimum absolute atomic E-state index is 0.139. The maximum atomic E-state index is 12.2. The van der Waals surface area contributed by atoms with Crippen LogP contribution in [0.3, 0.4) is 0 Å². The monoisotopic (exact) mass is 480 g/mol. The molecular formula is C24H25ClN6O3. The van der Waals surface area contributed by atoms with Crippen molar-refractivity contribution < 1.29 is 14.8 Å². The molecule has 2 heterocycles. The molecule has 0 aliphatic rings. The van der Waals surface area contributed by atoms with Crippen molar-refractivity contribution in [2.45, 2.75) is 38.6 Å². The number of unbranched alkanes of at least 4 members (excludes halogenated alkanes) is 2. The van der Waals surface area contributed by atoms with Crippen LogP contribution in [0.1, 0.15) is 37.7 Å². The van der Waals surface area contributed by atoms with E-state index in [9.17, 15) is 9.59 Å². The molecule has 4 rings (SSSR count). The number of H-pyrrole nitrogens is 1. The molecular weight excluding hydrogens is 456 g/mol. The minimum atomic E-state index is -0.417. The van der Waals surface area contributed by atoms with Gasteiger partial charge in [-0.2, -0.15) is 5.10 Å². The maximum Gasteiger partial charge on any atom is 0.243 e. The van der Waals surface area contributed by atoms with Crippen molar-refractivity contribution in [1.82, 2.24) is 25.2 Å². The van der Waals surface area contributed by atoms with Gasteiger partial charge in [-0.1, -0.05) is 36.2 Å². The first kappa shape index (κ1) is 23.5. The number of hydrogen-bond acceptors (Lipinski definition) is 5. The predicted molar refractivity (Wildman–Crippen MR) is 130 cm³/mol. The van der Waals surface area contributed by atoms with Gasteiger partial charge >= 0.3 is 0 Å². The van der Waals surface area contributed by atoms with Crippen molar-refractivity contribution in [2.24, 2.45) is 0 Å². The van der Waals surface area contributed by atoms with Crippen LogP contribution in [0.5, 0.6) is 0 Å². The van der Waals surface area contributed by atoms with Gasteiger partial charge in [-0.05, 0) is 42.7 Å². The van der Waals surface area contributed by atoms with Gasteiger partial charge in [0.1, 0.15) is 0 Å². The molecule has 0 radical (unpaired) electrons. The third kappa shape index (κ3) is 6.00. The SMILES string of the molecule is O=C(CCCCCC(=O)Nc1cc(-c2ccc3ncn(Cc4cccc(Cl)c4)c3c2)[nH]n1)NO. The number of anilines is 1. The number of benzene rings is 2. The van der Waals surface area contributed by atoms with Gasteiger partial charge in [0.2, 0.25) is 11.8 Å². The summed E-state index contributed by atoms with van der Waals surface area (Å²) in [5, 5.41) is 19.1. The van der Waals surface area contributed by atoms with Crippen molar-refractivity contribution in [2.75, 3.05) is 5.32 Å². The molecule has 0 saturated heterocycles. The van der Waals surface area contributed by atoms with Gasteiger partial charge in [0, 0.05) is 36.0 Å². The Balaban J connectivity index is 1.38. The number of nitrogens with one attached hydrogen (secondary N) is 3. The largest absolute Gasteiger partial charge is 0.326 e. The molecule has 9 nitrogen and oxygen atoms in total. The van der Waals surface area contributed by atoms with Crippen LogP contribution in [0, 0.1) is 0 Å². The molecule has 0 aliphatic carbocycles. The Kier molecular flexibility index (Phi) is 7.56. The van der Waals surface area contributed by atoms with Gasteiger partial charge in [0.05, 0.1) is 23.1 Å². The molecule has 2 amide bonds. The smallest absolute Gasteiger partial charge is 0.243 e. The van der Waals surface area contributed by atoms with Crippen LogP contribution in [-0.2, 0) is 16.1 Å². The molecule has 2 aromatic heterocycles. The van der Waals surface area contributed by atoms with Crippen LogP contribution in [-0.4, -0.2) is 36.8 Å². The Bertz CT molecular complexity index is 1300. The molecule has 0 saturated carbocycles. The average molecular weight is 481 g/mol. The highest BCUT2D eigenvalue weighted by Crippen LogP contribution is 2.25. The van der Waals surface area contributed by atoms with Gasteiger partial charge < -0.3 is 9.88 Å². The van der Waals surface area contributed by atoms with Gasteiger partial charge in [-0.25, -0.2) is 10.5 Å². The number of imidazole rings is 1. The van der Waals surface area contributed by atoms with Gasteiger partial charge in [-0.15, -0.1) is 0 Å². The number of aromatic nitrogens is 4. The van der Waals surface area contributed by atoms with Crippen molar-refractivity contribution >= 4 is 40.3 Å². The van der Waals surface area contributed by atoms with E-state index in [2.05, 4.69) is 25.1 Å². The molecule has 0 unspecified atom stereocenters. The van der Waals surface area contributed by atoms with Crippen LogP contribution in [0.25, 0.3) is 22.3 Å². The van der Waals surface area contributed by atoms with Crippen LogP contribution in [0.2, 0.25) is 5.02 Å². The number of amides is 2. The van der Waals surface area contributed by atoms with E-state index in [-0.39, 0.29) is 12.3 Å². The van der Waals surface area contributed by atoms with Crippen molar-refractivity contribution in [3.05, 3.63) is 65.4 Å². The lowest BCUT2D eigenvalue weighted by atomic mass is 10.1. The lowest BCUT2D eigenvalue weighted by Gasteiger charge is -2.06. The summed E-state index contributed by atoms with van der Waals surface area (Å²) in [6, 6.07) is 15.5. The maximum absolute atomic E-state index is 12.2. The number of carbonyl (C=O) groups excluding carboxylic acids is 2. The fourth-order valence-corrected chi connectivity index (χ4v) is 3.94. The van der Waals surface area contributed by atoms with E-state index < -0.39 is 5.91 Å². The molecule has 176 valence electrons. The molecule has 0 spiro atoms. The van der Waals surface area contributed by atoms with Crippen LogP contribution in [0.15, 0.2) is 54.9 Å². The molecule has 0 atom stereocenters. The Morgan fingerprint density at radius 3 is 2.65 bits per heavy atom. The lowest BCUT2D eigenvalue weighted by molar-refractivity contribution is -0.129. The third-order valence-corrected chi connectivity index (χ3v) is 5.69. The summed E-state index contributed by atoms with van der Waals surface area (Å²) in [7, 11) is 0. The second-order valence-electron chi connectivity index (χ2n) is 8.02. The molecule has 4 N–H and O–H groups in total. The summed E-state index contributed by atoms with van der Waals surface area (Å²) >= 11 is 6.12. The second kappa shape index (κ2) is 11.0. The van der Waals surface area contributed by atoms with E-state index in [1.165, 1.54) is 0 Å². The highest BCUT2D eigenvalue weighted by Gasteiger charge is 2.10. The first-order valence-corrected chi connectivity index (χ1v) is 11.4. The molecule has 4 aromatic rings. The molecule has 0 fully saturated rings. The first-order valence-electron chi connectivity index (χ1n) is 11.0. The van der Waals surface area contributed by atoms with Crippen LogP contribution < -0.4 is 10.8 Å². The number of carbonyl (C=O) groups is 2. The Labute approximate surface area is 201 Å². The lowest BCUT2D eigenvalue weighted by Crippen LogP contribution is -2.17. The highest BCUT2D eigenvalue weighted by molar-refractivity contribution is 6.30. The first-order chi connectivity index (χ1) is 16.5. The van der Waals surface area contributed by atoms with Crippen LogP contribution >= 0.6 is 11.6 Å². The molecule has 34 heavy (non-hydrogen) atoms. The van der Waals surface area contributed by atoms with E-state index in [1.54, 1.807) is 11.5 Å². The molecule has 0 bridgehead atoms. The summed E-state index contributed by atoms with van der Waals surface area (Å²) in [4.78, 5) is 27.7. The number of aromatic amines is 1. The molecule has 0 aliphatic heterocycles. The quantitative estimate of drug-likeness (QED) is 0.151. The number of halogens is 1. The number of hydrogen-bond donors (Lipinski definition) is 4. The normalized spacial score (nSPS) is 11.0. The van der Waals surface area contributed by atoms with Crippen molar-refractivity contribution in [3.63, 3.8) is 0 Å². The molecule has 10 heteroatoms. The minimum Gasteiger partial charge on any atom is -0.326 e. The molecule has 2 aromatic carbocycles. The summed E-state index contributed by atoms with van der Waals surface area (Å²) in [6.07, 6.45) is 4.36.